The van der Waals surface area contributed by atoms with Gasteiger partial charge in [0.25, 0.3) is 0 Å². The topological polar surface area (TPSA) is 121 Å². The summed E-state index contributed by atoms with van der Waals surface area (Å²) in [4.78, 5) is 21.9. The van der Waals surface area contributed by atoms with Gasteiger partial charge in [0.15, 0.2) is 0 Å². The number of aliphatic hydroxyl groups excluding tert-OH is 2. The summed E-state index contributed by atoms with van der Waals surface area (Å²) in [7, 11) is 0. The van der Waals surface area contributed by atoms with Gasteiger partial charge in [-0.3, -0.25) is 0 Å². The van der Waals surface area contributed by atoms with Crippen molar-refractivity contribution < 1.29 is 30.0 Å². The molecule has 0 saturated heterocycles. The van der Waals surface area contributed by atoms with E-state index in [2.05, 4.69) is 41.5 Å². The van der Waals surface area contributed by atoms with Gasteiger partial charge in [-0.15, -0.1) is 0 Å². The van der Waals surface area contributed by atoms with Crippen LogP contribution >= 0.6 is 0 Å². The smallest absolute Gasteiger partial charge is 0.550 e. The molecule has 0 aromatic rings. The van der Waals surface area contributed by atoms with Gasteiger partial charge < -0.3 is 30.0 Å². The third-order valence-electron chi connectivity index (χ3n) is 20.4. The van der Waals surface area contributed by atoms with Gasteiger partial charge in [0.1, 0.15) is 0 Å². The minimum absolute atomic E-state index is 0. The maximum absolute atomic E-state index is 10.9. The molecule has 8 unspecified atom stereocenters. The molecule has 8 fully saturated rings. The van der Waals surface area contributed by atoms with E-state index in [1.165, 1.54) is 89.9 Å². The molecule has 0 aromatic heterocycles. The number of aliphatic carboxylic acids is 2. The number of aliphatic hydroxyl groups is 2. The second-order valence-corrected chi connectivity index (χ2v) is 22.4. The van der Waals surface area contributed by atoms with Crippen LogP contribution in [0.25, 0.3) is 0 Å². The number of rotatable bonds is 8. The minimum Gasteiger partial charge on any atom is -0.550 e. The fourth-order valence-corrected chi connectivity index (χ4v) is 17.5. The van der Waals surface area contributed by atoms with Gasteiger partial charge >= 0.3 is 23.1 Å². The van der Waals surface area contributed by atoms with E-state index in [-0.39, 0.29) is 48.1 Å². The molecular formula is C48H78MgO6. The molecule has 308 valence electrons. The number of carboxylic acid groups (broad SMARTS) is 2. The number of carbonyl (C=O) groups excluding carboxylic acids is 2. The standard InChI is InChI=1S/2C24H40O3.Mg/c2*1-15(4-9-22(26)27)19-7-8-20-18-6-5-16-14-17(25)10-12-23(16,2)21(18)11-13-24(19,20)3;/h2*15-21,25H,4-14H2,1-3H3,(H,26,27);/q;;+2/p-2/t2*15-,16?,17-,18?,19-,20?,21?,23+,24-;/m11./s1. The van der Waals surface area contributed by atoms with Gasteiger partial charge in [-0.1, -0.05) is 41.5 Å². The van der Waals surface area contributed by atoms with E-state index in [1.54, 1.807) is 0 Å². The normalized spacial score (nSPS) is 49.5. The number of hydrogen-bond donors (Lipinski definition) is 2. The van der Waals surface area contributed by atoms with Crippen LogP contribution in [0.4, 0.5) is 0 Å². The molecule has 18 atom stereocenters. The maximum atomic E-state index is 10.9. The Morgan fingerprint density at radius 3 is 1.24 bits per heavy atom. The summed E-state index contributed by atoms with van der Waals surface area (Å²) >= 11 is 0. The van der Waals surface area contributed by atoms with E-state index in [4.69, 9.17) is 0 Å². The van der Waals surface area contributed by atoms with Crippen molar-refractivity contribution in [2.45, 2.75) is 195 Å². The maximum Gasteiger partial charge on any atom is 2.00 e. The molecule has 0 aliphatic heterocycles. The molecule has 0 amide bonds. The minimum atomic E-state index is -0.893. The number of hydrogen-bond acceptors (Lipinski definition) is 6. The molecule has 8 aliphatic rings. The third kappa shape index (κ3) is 8.00. The first-order valence-electron chi connectivity index (χ1n) is 23.3. The van der Waals surface area contributed by atoms with Crippen LogP contribution in [0.1, 0.15) is 183 Å². The molecule has 8 rings (SSSR count). The molecular weight excluding hydrogens is 697 g/mol. The predicted molar refractivity (Wildman–Crippen MR) is 215 cm³/mol. The van der Waals surface area contributed by atoms with E-state index >= 15 is 0 Å². The average molecular weight is 775 g/mol. The summed E-state index contributed by atoms with van der Waals surface area (Å²) in [5.74, 6) is 7.09. The predicted octanol–water partition coefficient (Wildman–Crippen LogP) is 7.96. The van der Waals surface area contributed by atoms with Crippen molar-refractivity contribution in [1.29, 1.82) is 0 Å². The first kappa shape index (κ1) is 44.2. The molecule has 6 nitrogen and oxygen atoms in total. The van der Waals surface area contributed by atoms with Gasteiger partial charge in [-0.25, -0.2) is 0 Å². The molecule has 8 saturated carbocycles. The second-order valence-electron chi connectivity index (χ2n) is 22.4. The molecule has 0 bridgehead atoms. The zero-order chi connectivity index (χ0) is 38.8. The Morgan fingerprint density at radius 2 is 0.873 bits per heavy atom. The summed E-state index contributed by atoms with van der Waals surface area (Å²) in [6.07, 6.45) is 24.3. The van der Waals surface area contributed by atoms with Crippen LogP contribution in [-0.2, 0) is 9.59 Å². The summed E-state index contributed by atoms with van der Waals surface area (Å²) in [6.45, 7) is 14.8. The first-order chi connectivity index (χ1) is 25.5. The SMILES string of the molecule is C[C@H](CCC(=O)[O-])[C@H]1CCC2C3CCC4C[C@H](O)CC[C@]4(C)C3CC[C@@]21C.C[C@H](CCC(=O)[O-])[C@H]1CCC2C3CCC4C[C@H](O)CC[C@]4(C)C3CC[C@@]21C.[Mg+2]. The van der Waals surface area contributed by atoms with E-state index in [1.807, 2.05) is 0 Å². The quantitative estimate of drug-likeness (QED) is 0.242. The average Bonchev–Trinajstić information content (AvgIpc) is 3.67. The van der Waals surface area contributed by atoms with Crippen LogP contribution in [0.2, 0.25) is 0 Å². The van der Waals surface area contributed by atoms with Gasteiger partial charge in [-0.2, -0.15) is 0 Å². The molecule has 0 aromatic carbocycles. The van der Waals surface area contributed by atoms with Crippen LogP contribution in [0.3, 0.4) is 0 Å². The van der Waals surface area contributed by atoms with E-state index in [0.29, 0.717) is 45.3 Å². The van der Waals surface area contributed by atoms with Gasteiger partial charge in [0.2, 0.25) is 0 Å². The molecule has 0 radical (unpaired) electrons. The molecule has 0 spiro atoms. The Bertz CT molecular complexity index is 1260. The summed E-state index contributed by atoms with van der Waals surface area (Å²) < 4.78 is 0. The Labute approximate surface area is 351 Å². The van der Waals surface area contributed by atoms with Gasteiger partial charge in [0.05, 0.1) is 12.2 Å². The van der Waals surface area contributed by atoms with E-state index < -0.39 is 11.9 Å². The molecule has 7 heteroatoms. The number of carboxylic acids is 2. The van der Waals surface area contributed by atoms with Gasteiger partial charge in [0, 0.05) is 11.9 Å². The Morgan fingerprint density at radius 1 is 0.527 bits per heavy atom. The van der Waals surface area contributed by atoms with Crippen LogP contribution in [0.5, 0.6) is 0 Å². The largest absolute Gasteiger partial charge is 2.00 e. The Kier molecular flexibility index (Phi) is 13.6. The van der Waals surface area contributed by atoms with Crippen molar-refractivity contribution in [3.05, 3.63) is 0 Å². The zero-order valence-electron chi connectivity index (χ0n) is 35.9. The summed E-state index contributed by atoms with van der Waals surface area (Å²) in [6, 6.07) is 0. The van der Waals surface area contributed by atoms with Crippen molar-refractivity contribution in [3.8, 4) is 0 Å². The van der Waals surface area contributed by atoms with E-state index in [0.717, 1.165) is 85.9 Å². The molecule has 8 aliphatic carbocycles. The molecule has 2 N–H and O–H groups in total. The van der Waals surface area contributed by atoms with Crippen molar-refractivity contribution in [2.24, 2.45) is 92.7 Å². The summed E-state index contributed by atoms with van der Waals surface area (Å²) in [5, 5.41) is 42.2. The van der Waals surface area contributed by atoms with Crippen molar-refractivity contribution in [1.82, 2.24) is 0 Å². The monoisotopic (exact) mass is 775 g/mol. The van der Waals surface area contributed by atoms with Crippen molar-refractivity contribution in [2.75, 3.05) is 0 Å². The molecule has 55 heavy (non-hydrogen) atoms. The first-order valence-corrected chi connectivity index (χ1v) is 23.3. The van der Waals surface area contributed by atoms with Crippen LogP contribution in [0.15, 0.2) is 0 Å². The molecule has 0 heterocycles. The van der Waals surface area contributed by atoms with Crippen LogP contribution in [0, 0.1) is 92.7 Å². The fraction of sp³-hybridized carbons (Fsp3) is 0.958. The van der Waals surface area contributed by atoms with Crippen LogP contribution < -0.4 is 10.2 Å². The number of carbonyl (C=O) groups is 2. The van der Waals surface area contributed by atoms with E-state index in [9.17, 15) is 30.0 Å². The number of fused-ring (bicyclic) bond motifs is 10. The Hall–Kier alpha value is -0.374. The third-order valence-corrected chi connectivity index (χ3v) is 20.4. The van der Waals surface area contributed by atoms with Crippen LogP contribution in [-0.4, -0.2) is 57.4 Å². The van der Waals surface area contributed by atoms with Gasteiger partial charge in [-0.05, 0) is 234 Å². The van der Waals surface area contributed by atoms with Crippen molar-refractivity contribution in [3.63, 3.8) is 0 Å². The van der Waals surface area contributed by atoms with Crippen molar-refractivity contribution >= 4 is 35.0 Å². The fourth-order valence-electron chi connectivity index (χ4n) is 17.5. The summed E-state index contributed by atoms with van der Waals surface area (Å²) in [5.41, 5.74) is 1.71. The second kappa shape index (κ2) is 16.9. The zero-order valence-corrected chi connectivity index (χ0v) is 37.3. The Balaban J connectivity index is 0.000000184.